The van der Waals surface area contributed by atoms with E-state index in [1.165, 1.54) is 0 Å². The second-order valence-corrected chi connectivity index (χ2v) is 1.85. The molecule has 0 aromatic carbocycles. The normalized spacial score (nSPS) is 9.67. The first-order valence-electron chi connectivity index (χ1n) is 0.698. The summed E-state index contributed by atoms with van der Waals surface area (Å²) in [7, 11) is 0. The molecule has 0 aromatic rings. The zero-order valence-corrected chi connectivity index (χ0v) is 4.39. The van der Waals surface area contributed by atoms with Crippen LogP contribution in [0, 0.1) is 7.43 Å². The van der Waals surface area contributed by atoms with Gasteiger partial charge in [0.2, 0.25) is 0 Å². The molecule has 40 valence electrons. The molecule has 4 nitrogen and oxygen atoms in total. The molecule has 2 N–H and O–H groups in total. The van der Waals surface area contributed by atoms with Gasteiger partial charge in [-0.05, 0) is 0 Å². The van der Waals surface area contributed by atoms with E-state index in [9.17, 15) is 0 Å². The van der Waals surface area contributed by atoms with Gasteiger partial charge in [0.25, 0.3) is 0 Å². The van der Waals surface area contributed by atoms with Gasteiger partial charge in [0.05, 0.1) is 0 Å². The van der Waals surface area contributed by atoms with E-state index in [1.54, 1.807) is 0 Å². The van der Waals surface area contributed by atoms with Gasteiger partial charge in [-0.25, -0.2) is 0 Å². The fourth-order valence-corrected chi connectivity index (χ4v) is 0. The molecule has 0 aliphatic rings. The number of hydrogen-bond donors (Lipinski definition) is 2. The molecule has 0 saturated carbocycles. The molecule has 0 unspecified atom stereocenters. The van der Waals surface area contributed by atoms with Crippen LogP contribution < -0.4 is 0 Å². The van der Waals surface area contributed by atoms with Gasteiger partial charge in [-0.1, -0.05) is 0 Å². The van der Waals surface area contributed by atoms with Crippen molar-refractivity contribution in [2.75, 3.05) is 0 Å². The fourth-order valence-electron chi connectivity index (χ4n) is 0. The third kappa shape index (κ3) is 13700. The summed E-state index contributed by atoms with van der Waals surface area (Å²) >= 11 is -5.25. The molecule has 0 saturated heterocycles. The zero-order chi connectivity index (χ0) is 4.50. The molecule has 0 aliphatic carbocycles. The summed E-state index contributed by atoms with van der Waals surface area (Å²) in [6.45, 7) is 0. The average Bonchev–Trinajstić information content (AvgIpc) is 0.722. The van der Waals surface area contributed by atoms with E-state index >= 15 is 0 Å². The van der Waals surface area contributed by atoms with E-state index in [-0.39, 0.29) is 7.43 Å². The van der Waals surface area contributed by atoms with E-state index in [2.05, 4.69) is 0 Å². The van der Waals surface area contributed by atoms with Crippen LogP contribution in [0.1, 0.15) is 0 Å². The van der Waals surface area contributed by atoms with Crippen LogP contribution >= 0.6 is 0 Å². The monoisotopic (exact) mass is 133 g/mol. The van der Waals surface area contributed by atoms with E-state index in [4.69, 9.17) is 15.9 Å². The Kier molecular flexibility index (Phi) is 3.55. The van der Waals surface area contributed by atoms with Crippen molar-refractivity contribution < 1.29 is 29.5 Å². The van der Waals surface area contributed by atoms with Crippen molar-refractivity contribution in [2.45, 2.75) is 0 Å². The van der Waals surface area contributed by atoms with Crippen LogP contribution in [0.4, 0.5) is 0 Å². The molecule has 5 heteroatoms. The molecule has 0 atom stereocenters. The van der Waals surface area contributed by atoms with Crippen molar-refractivity contribution in [3.63, 3.8) is 0 Å². The van der Waals surface area contributed by atoms with Crippen LogP contribution in [0.25, 0.3) is 0 Å². The second-order valence-electron chi connectivity index (χ2n) is 0.448. The molecule has 0 heterocycles. The third-order valence-corrected chi connectivity index (χ3v) is 0. The van der Waals surface area contributed by atoms with E-state index in [1.807, 2.05) is 0 Å². The van der Waals surface area contributed by atoms with Gasteiger partial charge in [0.1, 0.15) is 0 Å². The predicted molar refractivity (Wildman–Crippen MR) is 12.2 cm³/mol. The molecule has 0 fully saturated rings. The summed E-state index contributed by atoms with van der Waals surface area (Å²) in [5.74, 6) is 0. The van der Waals surface area contributed by atoms with Gasteiger partial charge < -0.3 is 7.43 Å². The maximum absolute atomic E-state index is 8.82. The SMILES string of the molecule is [CH3-].[O]=[Cr](=[O])([OH])[OH]. The minimum atomic E-state index is -5.25. The molecule has 0 bridgehead atoms. The quantitative estimate of drug-likeness (QED) is 0.420. The van der Waals surface area contributed by atoms with E-state index in [0.717, 1.165) is 0 Å². The molecular weight excluding hydrogens is 128 g/mol. The van der Waals surface area contributed by atoms with E-state index in [0.29, 0.717) is 0 Å². The third-order valence-electron chi connectivity index (χ3n) is 0. The van der Waals surface area contributed by atoms with Crippen LogP contribution in [0.3, 0.4) is 0 Å². The molecule has 0 aromatic heterocycles. The van der Waals surface area contributed by atoms with E-state index < -0.39 is 13.6 Å². The standard InChI is InChI=1S/CH3.Cr.2H2O.2O/h1H3;;2*1H2;;/q-1;+2;;;;/p-2. The summed E-state index contributed by atoms with van der Waals surface area (Å²) in [6.07, 6.45) is 0. The summed E-state index contributed by atoms with van der Waals surface area (Å²) in [5.41, 5.74) is 0. The van der Waals surface area contributed by atoms with Gasteiger partial charge in [-0.15, -0.1) is 0 Å². The van der Waals surface area contributed by atoms with Crippen molar-refractivity contribution in [3.8, 4) is 0 Å². The summed E-state index contributed by atoms with van der Waals surface area (Å²) < 4.78 is 31.9. The zero-order valence-electron chi connectivity index (χ0n) is 3.12. The van der Waals surface area contributed by atoms with Gasteiger partial charge in [0.15, 0.2) is 0 Å². The Bertz CT molecular complexity index is 90.7. The predicted octanol–water partition coefficient (Wildman–Crippen LogP) is -0.904. The Labute approximate surface area is 37.8 Å². The Morgan fingerprint density at radius 1 is 1.17 bits per heavy atom. The topological polar surface area (TPSA) is 74.6 Å². The Morgan fingerprint density at radius 2 is 1.17 bits per heavy atom. The summed E-state index contributed by atoms with van der Waals surface area (Å²) in [4.78, 5) is 0. The summed E-state index contributed by atoms with van der Waals surface area (Å²) in [5, 5.41) is 0. The van der Waals surface area contributed by atoms with Crippen LogP contribution in [-0.4, -0.2) is 8.32 Å². The van der Waals surface area contributed by atoms with Crippen molar-refractivity contribution >= 4 is 0 Å². The second kappa shape index (κ2) is 2.27. The minimum absolute atomic E-state index is 0. The Hall–Kier alpha value is 0.0525. The van der Waals surface area contributed by atoms with Crippen molar-refractivity contribution in [1.29, 1.82) is 0 Å². The number of hydrogen-bond acceptors (Lipinski definition) is 2. The number of rotatable bonds is 0. The molecule has 0 rings (SSSR count). The van der Waals surface area contributed by atoms with Gasteiger partial charge >= 0.3 is 29.5 Å². The van der Waals surface area contributed by atoms with Crippen LogP contribution in [0.15, 0.2) is 0 Å². The average molecular weight is 133 g/mol. The molecule has 6 heavy (non-hydrogen) atoms. The van der Waals surface area contributed by atoms with Crippen LogP contribution in [-0.2, 0) is 21.2 Å². The molecule has 0 radical (unpaired) electrons. The Balaban J connectivity index is 0. The van der Waals surface area contributed by atoms with Gasteiger partial charge in [-0.3, -0.25) is 0 Å². The molecular formula is CH5CrO4-. The molecule has 0 aliphatic heterocycles. The fraction of sp³-hybridized carbons (Fsp3) is 0. The van der Waals surface area contributed by atoms with Crippen LogP contribution in [0.2, 0.25) is 0 Å². The van der Waals surface area contributed by atoms with Crippen LogP contribution in [0.5, 0.6) is 0 Å². The first-order valence-corrected chi connectivity index (χ1v) is 2.88. The molecule has 0 spiro atoms. The first kappa shape index (κ1) is 9.41. The van der Waals surface area contributed by atoms with Gasteiger partial charge in [0, 0.05) is 0 Å². The van der Waals surface area contributed by atoms with Gasteiger partial charge in [-0.2, -0.15) is 0 Å². The van der Waals surface area contributed by atoms with Crippen molar-refractivity contribution in [3.05, 3.63) is 7.43 Å². The first-order chi connectivity index (χ1) is 2.00. The Morgan fingerprint density at radius 3 is 1.17 bits per heavy atom. The van der Waals surface area contributed by atoms with Crippen molar-refractivity contribution in [2.24, 2.45) is 0 Å². The molecule has 0 amide bonds. The maximum atomic E-state index is 8.82. The summed E-state index contributed by atoms with van der Waals surface area (Å²) in [6, 6.07) is 0. The van der Waals surface area contributed by atoms with Crippen molar-refractivity contribution in [1.82, 2.24) is 0 Å².